The lowest BCUT2D eigenvalue weighted by molar-refractivity contribution is -0.133. The number of nitrogens with zero attached hydrogens (tertiary/aromatic N) is 3. The van der Waals surface area contributed by atoms with Gasteiger partial charge in [-0.15, -0.1) is 0 Å². The molecule has 0 atom stereocenters. The molecule has 9 nitrogen and oxygen atoms in total. The van der Waals surface area contributed by atoms with Crippen LogP contribution in [0.5, 0.6) is 23.1 Å². The van der Waals surface area contributed by atoms with E-state index in [0.29, 0.717) is 22.4 Å². The summed E-state index contributed by atoms with van der Waals surface area (Å²) in [6.45, 7) is 0. The van der Waals surface area contributed by atoms with Crippen LogP contribution in [0.1, 0.15) is 12.8 Å². The maximum Gasteiger partial charge on any atom is 0.247 e. The zero-order valence-electron chi connectivity index (χ0n) is 20.4. The van der Waals surface area contributed by atoms with E-state index in [9.17, 15) is 14.0 Å². The first-order valence-electron chi connectivity index (χ1n) is 11.5. The van der Waals surface area contributed by atoms with Crippen molar-refractivity contribution in [2.75, 3.05) is 19.1 Å². The van der Waals surface area contributed by atoms with Gasteiger partial charge in [0.1, 0.15) is 17.6 Å². The average Bonchev–Trinajstić information content (AvgIpc) is 3.73. The lowest BCUT2D eigenvalue weighted by atomic mass is 10.0. The second kappa shape index (κ2) is 9.58. The normalized spacial score (nSPS) is 13.6. The summed E-state index contributed by atoms with van der Waals surface area (Å²) >= 11 is 0. The van der Waals surface area contributed by atoms with E-state index < -0.39 is 28.9 Å². The number of fused-ring (bicyclic) bond motifs is 1. The van der Waals surface area contributed by atoms with Crippen LogP contribution in [0.25, 0.3) is 10.9 Å². The highest BCUT2D eigenvalue weighted by atomic mass is 19.1. The van der Waals surface area contributed by atoms with Gasteiger partial charge in [0.25, 0.3) is 0 Å². The van der Waals surface area contributed by atoms with Gasteiger partial charge in [0.15, 0.2) is 23.1 Å². The highest BCUT2D eigenvalue weighted by molar-refractivity contribution is 6.16. The number of nitrogens with two attached hydrogens (primary N) is 1. The summed E-state index contributed by atoms with van der Waals surface area (Å²) in [7, 11) is 2.97. The van der Waals surface area contributed by atoms with Gasteiger partial charge < -0.3 is 19.9 Å². The van der Waals surface area contributed by atoms with E-state index >= 15 is 4.39 Å². The monoisotopic (exact) mass is 520 g/mol. The molecular weight excluding hydrogens is 498 g/mol. The minimum absolute atomic E-state index is 0.0692. The van der Waals surface area contributed by atoms with Crippen molar-refractivity contribution in [1.29, 1.82) is 0 Å². The van der Waals surface area contributed by atoms with Crippen LogP contribution in [-0.4, -0.2) is 36.0 Å². The molecule has 0 spiro atoms. The molecule has 1 fully saturated rings. The number of carbonyl (C=O) groups is 2. The second-order valence-electron chi connectivity index (χ2n) is 8.68. The summed E-state index contributed by atoms with van der Waals surface area (Å²) < 4.78 is 45.4. The van der Waals surface area contributed by atoms with Gasteiger partial charge in [0, 0.05) is 17.8 Å². The molecule has 38 heavy (non-hydrogen) atoms. The number of primary amides is 1. The number of ether oxygens (including phenoxy) is 3. The van der Waals surface area contributed by atoms with Crippen molar-refractivity contribution in [2.45, 2.75) is 12.8 Å². The maximum absolute atomic E-state index is 15.4. The summed E-state index contributed by atoms with van der Waals surface area (Å²) in [4.78, 5) is 35.0. The molecule has 1 heterocycles. The van der Waals surface area contributed by atoms with Crippen LogP contribution in [0.2, 0.25) is 0 Å². The number of benzene rings is 3. The molecule has 2 amide bonds. The molecule has 0 saturated heterocycles. The van der Waals surface area contributed by atoms with Gasteiger partial charge >= 0.3 is 0 Å². The second-order valence-corrected chi connectivity index (χ2v) is 8.68. The number of aromatic nitrogens is 2. The van der Waals surface area contributed by atoms with Crippen molar-refractivity contribution < 1.29 is 32.6 Å². The van der Waals surface area contributed by atoms with Crippen molar-refractivity contribution in [3.8, 4) is 23.1 Å². The standard InChI is InChI=1S/C27H22F2N4O5/c1-36-22-12-18-20(13-23(22)37-2)31-14-32-24(18)38-21-8-7-17(11-19(21)29)33(16-5-3-15(28)4-6-16)26(35)27(9-10-27)25(30)34/h3-8,11-14H,9-10H2,1-2H3,(H2,30,34). The zero-order valence-corrected chi connectivity index (χ0v) is 20.4. The number of amides is 2. The average molecular weight is 520 g/mol. The molecule has 0 radical (unpaired) electrons. The molecule has 1 aliphatic carbocycles. The topological polar surface area (TPSA) is 117 Å². The Kier molecular flexibility index (Phi) is 6.27. The van der Waals surface area contributed by atoms with Gasteiger partial charge in [-0.05, 0) is 55.3 Å². The van der Waals surface area contributed by atoms with Gasteiger partial charge in [-0.2, -0.15) is 0 Å². The fourth-order valence-electron chi connectivity index (χ4n) is 4.13. The molecule has 194 valence electrons. The minimum atomic E-state index is -1.39. The van der Waals surface area contributed by atoms with Crippen molar-refractivity contribution in [2.24, 2.45) is 11.1 Å². The molecule has 3 aromatic carbocycles. The first-order chi connectivity index (χ1) is 18.3. The zero-order chi connectivity index (χ0) is 27.0. The number of methoxy groups -OCH3 is 2. The number of hydrogen-bond acceptors (Lipinski definition) is 7. The van der Waals surface area contributed by atoms with Crippen molar-refractivity contribution in [1.82, 2.24) is 9.97 Å². The van der Waals surface area contributed by atoms with E-state index in [-0.39, 0.29) is 35.8 Å². The molecule has 5 rings (SSSR count). The summed E-state index contributed by atoms with van der Waals surface area (Å²) in [6.07, 6.45) is 1.82. The fourth-order valence-corrected chi connectivity index (χ4v) is 4.13. The van der Waals surface area contributed by atoms with E-state index in [1.807, 2.05) is 0 Å². The summed E-state index contributed by atoms with van der Waals surface area (Å²) in [5, 5.41) is 0.453. The highest BCUT2D eigenvalue weighted by Gasteiger charge is 2.57. The molecular formula is C27H22F2N4O5. The van der Waals surface area contributed by atoms with Gasteiger partial charge in [-0.25, -0.2) is 18.7 Å². The Labute approximate surface area is 215 Å². The molecule has 0 bridgehead atoms. The van der Waals surface area contributed by atoms with Gasteiger partial charge in [-0.1, -0.05) is 0 Å². The molecule has 1 aliphatic rings. The summed E-state index contributed by atoms with van der Waals surface area (Å²) in [5.74, 6) is -1.95. The third-order valence-corrected chi connectivity index (χ3v) is 6.40. The summed E-state index contributed by atoms with van der Waals surface area (Å²) in [6, 6.07) is 12.2. The van der Waals surface area contributed by atoms with Crippen LogP contribution < -0.4 is 24.8 Å². The Morgan fingerprint density at radius 1 is 0.895 bits per heavy atom. The number of carbonyl (C=O) groups excluding carboxylic acids is 2. The molecule has 11 heteroatoms. The summed E-state index contributed by atoms with van der Waals surface area (Å²) in [5.41, 5.74) is 4.96. The van der Waals surface area contributed by atoms with Crippen LogP contribution in [0.4, 0.5) is 20.2 Å². The first-order valence-corrected chi connectivity index (χ1v) is 11.5. The Morgan fingerprint density at radius 2 is 1.55 bits per heavy atom. The smallest absolute Gasteiger partial charge is 0.247 e. The Bertz CT molecular complexity index is 1560. The fraction of sp³-hybridized carbons (Fsp3) is 0.185. The van der Waals surface area contributed by atoms with Crippen molar-refractivity contribution >= 4 is 34.1 Å². The molecule has 4 aromatic rings. The van der Waals surface area contributed by atoms with E-state index in [4.69, 9.17) is 19.9 Å². The van der Waals surface area contributed by atoms with E-state index in [1.54, 1.807) is 12.1 Å². The first kappa shape index (κ1) is 24.9. The Balaban J connectivity index is 1.52. The molecule has 2 N–H and O–H groups in total. The lowest BCUT2D eigenvalue weighted by Crippen LogP contribution is -2.41. The Morgan fingerprint density at radius 3 is 2.16 bits per heavy atom. The van der Waals surface area contributed by atoms with Crippen molar-refractivity contribution in [3.63, 3.8) is 0 Å². The third-order valence-electron chi connectivity index (χ3n) is 6.40. The van der Waals surface area contributed by atoms with Crippen LogP contribution in [0.3, 0.4) is 0 Å². The van der Waals surface area contributed by atoms with Gasteiger partial charge in [0.2, 0.25) is 17.7 Å². The van der Waals surface area contributed by atoms with Crippen LogP contribution in [0, 0.1) is 17.0 Å². The maximum atomic E-state index is 15.4. The van der Waals surface area contributed by atoms with Gasteiger partial charge in [-0.3, -0.25) is 14.5 Å². The molecule has 0 unspecified atom stereocenters. The molecule has 0 aliphatic heterocycles. The van der Waals surface area contributed by atoms with Gasteiger partial charge in [0.05, 0.1) is 30.8 Å². The minimum Gasteiger partial charge on any atom is -0.493 e. The predicted molar refractivity (Wildman–Crippen MR) is 134 cm³/mol. The van der Waals surface area contributed by atoms with E-state index in [2.05, 4.69) is 9.97 Å². The van der Waals surface area contributed by atoms with E-state index in [0.717, 1.165) is 23.1 Å². The Hall–Kier alpha value is -4.80. The van der Waals surface area contributed by atoms with E-state index in [1.165, 1.54) is 44.8 Å². The lowest BCUT2D eigenvalue weighted by Gasteiger charge is -2.26. The van der Waals surface area contributed by atoms with Crippen molar-refractivity contribution in [3.05, 3.63) is 72.6 Å². The predicted octanol–water partition coefficient (Wildman–Crippen LogP) is 4.65. The van der Waals surface area contributed by atoms with Crippen LogP contribution >= 0.6 is 0 Å². The highest BCUT2D eigenvalue weighted by Crippen LogP contribution is 2.49. The number of anilines is 2. The number of halogens is 2. The number of rotatable bonds is 8. The molecule has 1 saturated carbocycles. The third kappa shape index (κ3) is 4.32. The SMILES string of the molecule is COc1cc2ncnc(Oc3ccc(N(C(=O)C4(C(N)=O)CC4)c4ccc(F)cc4)cc3F)c2cc1OC. The largest absolute Gasteiger partial charge is 0.493 e. The molecule has 1 aromatic heterocycles. The van der Waals surface area contributed by atoms with Crippen LogP contribution in [-0.2, 0) is 9.59 Å². The number of hydrogen-bond donors (Lipinski definition) is 1. The van der Waals surface area contributed by atoms with Crippen LogP contribution in [0.15, 0.2) is 60.9 Å². The quantitative estimate of drug-likeness (QED) is 0.336.